The van der Waals surface area contributed by atoms with Crippen LogP contribution < -0.4 is 15.8 Å². The molecule has 0 heterocycles. The average Bonchev–Trinajstić information content (AvgIpc) is 2.67. The molecule has 1 atom stereocenters. The molecular weight excluding hydrogens is 394 g/mol. The molecule has 7 nitrogen and oxygen atoms in total. The number of nitrogens with two attached hydrogens (primary N) is 1. The second-order valence-electron chi connectivity index (χ2n) is 6.56. The molecule has 0 spiro atoms. The smallest absolute Gasteiger partial charge is 0.338 e. The molecule has 0 saturated heterocycles. The van der Waals surface area contributed by atoms with Crippen molar-refractivity contribution >= 4 is 36.0 Å². The number of esters is 2. The van der Waals surface area contributed by atoms with E-state index in [0.717, 1.165) is 24.0 Å². The third-order valence-corrected chi connectivity index (χ3v) is 4.61. The third-order valence-electron chi connectivity index (χ3n) is 4.61. The van der Waals surface area contributed by atoms with Crippen molar-refractivity contribution in [1.82, 2.24) is 0 Å². The van der Waals surface area contributed by atoms with Crippen LogP contribution in [0.25, 0.3) is 0 Å². The maximum absolute atomic E-state index is 12.8. The van der Waals surface area contributed by atoms with Gasteiger partial charge in [-0.15, -0.1) is 12.4 Å². The van der Waals surface area contributed by atoms with Crippen LogP contribution in [-0.4, -0.2) is 24.5 Å². The van der Waals surface area contributed by atoms with E-state index in [0.29, 0.717) is 30.0 Å². The van der Waals surface area contributed by atoms with Crippen LogP contribution in [0, 0.1) is 5.41 Å². The van der Waals surface area contributed by atoms with Gasteiger partial charge in [-0.05, 0) is 73.7 Å². The van der Waals surface area contributed by atoms with Gasteiger partial charge in [0.2, 0.25) is 0 Å². The highest BCUT2D eigenvalue weighted by atomic mass is 35.5. The first kappa shape index (κ1) is 22.2. The lowest BCUT2D eigenvalue weighted by Gasteiger charge is -2.24. The zero-order chi connectivity index (χ0) is 20.1. The predicted molar refractivity (Wildman–Crippen MR) is 113 cm³/mol. The Hall–Kier alpha value is -3.06. The number of guanidine groups is 1. The Morgan fingerprint density at radius 2 is 1.93 bits per heavy atom. The molecule has 0 bridgehead atoms. The van der Waals surface area contributed by atoms with E-state index in [1.807, 2.05) is 18.2 Å². The molecule has 0 saturated carbocycles. The minimum absolute atomic E-state index is 0. The van der Waals surface area contributed by atoms with E-state index in [-0.39, 0.29) is 30.3 Å². The largest absolute Gasteiger partial charge is 0.462 e. The summed E-state index contributed by atoms with van der Waals surface area (Å²) in [5, 5.41) is 10.1. The van der Waals surface area contributed by atoms with Gasteiger partial charge >= 0.3 is 11.9 Å². The Labute approximate surface area is 175 Å². The van der Waals surface area contributed by atoms with Crippen LogP contribution in [0.5, 0.6) is 5.75 Å². The standard InChI is InChI=1S/C21H23N3O4.ClH/c1-2-27-19(25)14-7-10-16(11-8-14)28-20(26)17-5-3-4-13-6-9-15(12-18(13)17)24-21(22)23;/h6-12,17H,2-5H2,1H3,(H4,22,23,24);1H. The Balaban J connectivity index is 0.00000300. The Morgan fingerprint density at radius 3 is 2.59 bits per heavy atom. The molecule has 2 aromatic rings. The van der Waals surface area contributed by atoms with Crippen molar-refractivity contribution < 1.29 is 19.1 Å². The monoisotopic (exact) mass is 417 g/mol. The summed E-state index contributed by atoms with van der Waals surface area (Å²) in [6, 6.07) is 12.0. The number of hydrogen-bond donors (Lipinski definition) is 3. The van der Waals surface area contributed by atoms with Crippen LogP contribution in [-0.2, 0) is 16.0 Å². The topological polar surface area (TPSA) is 114 Å². The molecule has 0 aromatic heterocycles. The van der Waals surface area contributed by atoms with Gasteiger partial charge in [0.15, 0.2) is 5.96 Å². The number of nitrogens with one attached hydrogen (secondary N) is 2. The summed E-state index contributed by atoms with van der Waals surface area (Å²) in [6.45, 7) is 2.05. The van der Waals surface area contributed by atoms with E-state index in [9.17, 15) is 9.59 Å². The first-order valence-electron chi connectivity index (χ1n) is 9.20. The van der Waals surface area contributed by atoms with Gasteiger partial charge in [-0.1, -0.05) is 6.07 Å². The van der Waals surface area contributed by atoms with Crippen molar-refractivity contribution in [2.45, 2.75) is 32.1 Å². The van der Waals surface area contributed by atoms with Crippen LogP contribution in [0.1, 0.15) is 47.2 Å². The quantitative estimate of drug-likeness (QED) is 0.296. The van der Waals surface area contributed by atoms with Crippen molar-refractivity contribution in [3.05, 3.63) is 59.2 Å². The minimum atomic E-state index is -0.410. The lowest BCUT2D eigenvalue weighted by Crippen LogP contribution is -2.24. The number of aryl methyl sites for hydroxylation is 1. The zero-order valence-electron chi connectivity index (χ0n) is 16.1. The van der Waals surface area contributed by atoms with Crippen LogP contribution >= 0.6 is 12.4 Å². The number of carbonyl (C=O) groups is 2. The van der Waals surface area contributed by atoms with Gasteiger partial charge in [0.05, 0.1) is 18.1 Å². The normalized spacial score (nSPS) is 14.7. The molecule has 1 aliphatic rings. The fourth-order valence-corrected chi connectivity index (χ4v) is 3.34. The molecular formula is C21H24ClN3O4. The number of benzene rings is 2. The van der Waals surface area contributed by atoms with Crippen LogP contribution in [0.15, 0.2) is 42.5 Å². The van der Waals surface area contributed by atoms with Crippen molar-refractivity contribution in [3.63, 3.8) is 0 Å². The third kappa shape index (κ3) is 5.48. The van der Waals surface area contributed by atoms with Gasteiger partial charge in [-0.2, -0.15) is 0 Å². The first-order valence-corrected chi connectivity index (χ1v) is 9.20. The summed E-state index contributed by atoms with van der Waals surface area (Å²) < 4.78 is 10.5. The maximum Gasteiger partial charge on any atom is 0.338 e. The summed E-state index contributed by atoms with van der Waals surface area (Å²) in [4.78, 5) is 24.5. The second-order valence-corrected chi connectivity index (χ2v) is 6.56. The molecule has 4 N–H and O–H groups in total. The molecule has 3 rings (SSSR count). The predicted octanol–water partition coefficient (Wildman–Crippen LogP) is 3.62. The highest BCUT2D eigenvalue weighted by molar-refractivity contribution is 5.91. The number of ether oxygens (including phenoxy) is 2. The summed E-state index contributed by atoms with van der Waals surface area (Å²) >= 11 is 0. The molecule has 1 aliphatic carbocycles. The van der Waals surface area contributed by atoms with Crippen LogP contribution in [0.4, 0.5) is 5.69 Å². The van der Waals surface area contributed by atoms with Gasteiger partial charge in [0.25, 0.3) is 0 Å². The maximum atomic E-state index is 12.8. The van der Waals surface area contributed by atoms with Gasteiger partial charge in [0.1, 0.15) is 5.75 Å². The summed E-state index contributed by atoms with van der Waals surface area (Å²) in [7, 11) is 0. The fraction of sp³-hybridized carbons (Fsp3) is 0.286. The van der Waals surface area contributed by atoms with Crippen molar-refractivity contribution in [2.75, 3.05) is 11.9 Å². The average molecular weight is 418 g/mol. The van der Waals surface area contributed by atoms with E-state index >= 15 is 0 Å². The molecule has 8 heteroatoms. The number of fused-ring (bicyclic) bond motifs is 1. The summed E-state index contributed by atoms with van der Waals surface area (Å²) in [5.74, 6) is -0.918. The van der Waals surface area contributed by atoms with E-state index in [2.05, 4.69) is 5.32 Å². The van der Waals surface area contributed by atoms with Crippen LogP contribution in [0.2, 0.25) is 0 Å². The zero-order valence-corrected chi connectivity index (χ0v) is 16.9. The Bertz CT molecular complexity index is 899. The number of carbonyl (C=O) groups excluding carboxylic acids is 2. The number of anilines is 1. The fourth-order valence-electron chi connectivity index (χ4n) is 3.34. The minimum Gasteiger partial charge on any atom is -0.462 e. The first-order chi connectivity index (χ1) is 13.5. The van der Waals surface area contributed by atoms with Crippen molar-refractivity contribution in [2.24, 2.45) is 5.73 Å². The van der Waals surface area contributed by atoms with Crippen molar-refractivity contribution in [3.8, 4) is 5.75 Å². The van der Waals surface area contributed by atoms with E-state index < -0.39 is 5.97 Å². The highest BCUT2D eigenvalue weighted by Crippen LogP contribution is 2.34. The van der Waals surface area contributed by atoms with Gasteiger partial charge in [-0.3, -0.25) is 10.2 Å². The van der Waals surface area contributed by atoms with E-state index in [1.165, 1.54) is 0 Å². The van der Waals surface area contributed by atoms with Gasteiger partial charge in [0, 0.05) is 5.69 Å². The SMILES string of the molecule is CCOC(=O)c1ccc(OC(=O)C2CCCc3ccc(NC(=N)N)cc32)cc1.Cl. The van der Waals surface area contributed by atoms with Gasteiger partial charge in [-0.25, -0.2) is 4.79 Å². The number of rotatable bonds is 5. The van der Waals surface area contributed by atoms with Gasteiger partial charge < -0.3 is 20.5 Å². The molecule has 0 amide bonds. The van der Waals surface area contributed by atoms with Crippen molar-refractivity contribution in [1.29, 1.82) is 5.41 Å². The lowest BCUT2D eigenvalue weighted by atomic mass is 9.82. The number of halogens is 1. The van der Waals surface area contributed by atoms with E-state index in [4.69, 9.17) is 20.6 Å². The van der Waals surface area contributed by atoms with Crippen LogP contribution in [0.3, 0.4) is 0 Å². The highest BCUT2D eigenvalue weighted by Gasteiger charge is 2.28. The second kappa shape index (κ2) is 9.93. The molecule has 0 fully saturated rings. The summed E-state index contributed by atoms with van der Waals surface area (Å²) in [6.07, 6.45) is 2.48. The number of hydrogen-bond acceptors (Lipinski definition) is 5. The molecule has 2 aromatic carbocycles. The Kier molecular flexibility index (Phi) is 7.61. The molecule has 0 aliphatic heterocycles. The van der Waals surface area contributed by atoms with E-state index in [1.54, 1.807) is 31.2 Å². The summed E-state index contributed by atoms with van der Waals surface area (Å²) in [5.41, 5.74) is 8.47. The lowest BCUT2D eigenvalue weighted by molar-refractivity contribution is -0.136. The molecule has 29 heavy (non-hydrogen) atoms. The Morgan fingerprint density at radius 1 is 1.21 bits per heavy atom. The molecule has 1 unspecified atom stereocenters. The molecule has 154 valence electrons. The molecule has 0 radical (unpaired) electrons.